The van der Waals surface area contributed by atoms with Crippen LogP contribution in [0.15, 0.2) is 0 Å². The molecule has 0 bridgehead atoms. The fourth-order valence-electron chi connectivity index (χ4n) is 1.47. The zero-order valence-corrected chi connectivity index (χ0v) is 11.7. The van der Waals surface area contributed by atoms with Crippen molar-refractivity contribution >= 4 is 17.7 Å². The number of nitrogens with one attached hydrogen (secondary N) is 2. The van der Waals surface area contributed by atoms with Crippen LogP contribution in [0.4, 0.5) is 4.79 Å². The molecular formula is C12H24N4O3. The number of ketones is 1. The highest BCUT2D eigenvalue weighted by molar-refractivity contribution is 5.89. The molecule has 0 aromatic carbocycles. The Bertz CT molecular complexity index is 331. The summed E-state index contributed by atoms with van der Waals surface area (Å²) < 4.78 is 0. The third kappa shape index (κ3) is 7.40. The first-order valence-electron chi connectivity index (χ1n) is 6.35. The monoisotopic (exact) mass is 272 g/mol. The lowest BCUT2D eigenvalue weighted by atomic mass is 10.0. The largest absolute Gasteiger partial charge is 0.352 e. The van der Waals surface area contributed by atoms with E-state index in [0.29, 0.717) is 19.4 Å². The lowest BCUT2D eigenvalue weighted by molar-refractivity contribution is -0.128. The topological polar surface area (TPSA) is 127 Å². The zero-order valence-electron chi connectivity index (χ0n) is 11.7. The smallest absolute Gasteiger partial charge is 0.312 e. The summed E-state index contributed by atoms with van der Waals surface area (Å²) in [6, 6.07) is -1.82. The predicted octanol–water partition coefficient (Wildman–Crippen LogP) is -0.508. The number of primary amides is 1. The van der Waals surface area contributed by atoms with Crippen molar-refractivity contribution < 1.29 is 14.4 Å². The van der Waals surface area contributed by atoms with Gasteiger partial charge in [0.2, 0.25) is 5.91 Å². The maximum atomic E-state index is 11.8. The Morgan fingerprint density at radius 3 is 2.21 bits per heavy atom. The van der Waals surface area contributed by atoms with Crippen molar-refractivity contribution in [3.05, 3.63) is 0 Å². The maximum Gasteiger partial charge on any atom is 0.312 e. The number of carbonyl (C=O) groups excluding carboxylic acids is 3. The molecule has 0 aliphatic rings. The molecule has 110 valence electrons. The minimum absolute atomic E-state index is 0.00383. The van der Waals surface area contributed by atoms with Gasteiger partial charge in [-0.1, -0.05) is 13.8 Å². The van der Waals surface area contributed by atoms with E-state index in [4.69, 9.17) is 11.5 Å². The van der Waals surface area contributed by atoms with Gasteiger partial charge < -0.3 is 22.1 Å². The van der Waals surface area contributed by atoms with E-state index >= 15 is 0 Å². The highest BCUT2D eigenvalue weighted by Gasteiger charge is 2.22. The van der Waals surface area contributed by atoms with Gasteiger partial charge in [0.1, 0.15) is 0 Å². The molecule has 0 aromatic rings. The van der Waals surface area contributed by atoms with Crippen LogP contribution in [-0.4, -0.2) is 36.3 Å². The molecule has 7 heteroatoms. The SMILES string of the molecule is CC(=O)C(CCCNC(N)=O)NC(=O)C(N)C(C)C. The summed E-state index contributed by atoms with van der Waals surface area (Å²) in [4.78, 5) is 33.7. The molecule has 0 rings (SSSR count). The minimum Gasteiger partial charge on any atom is -0.352 e. The second-order valence-electron chi connectivity index (χ2n) is 4.87. The summed E-state index contributed by atoms with van der Waals surface area (Å²) in [5.74, 6) is -0.467. The molecule has 19 heavy (non-hydrogen) atoms. The van der Waals surface area contributed by atoms with E-state index in [-0.39, 0.29) is 17.6 Å². The van der Waals surface area contributed by atoms with Gasteiger partial charge in [-0.05, 0) is 25.7 Å². The third-order valence-corrected chi connectivity index (χ3v) is 2.80. The first-order valence-corrected chi connectivity index (χ1v) is 6.35. The molecule has 0 saturated heterocycles. The lowest BCUT2D eigenvalue weighted by Gasteiger charge is -2.20. The van der Waals surface area contributed by atoms with Gasteiger partial charge in [-0.25, -0.2) is 4.79 Å². The van der Waals surface area contributed by atoms with Gasteiger partial charge in [-0.3, -0.25) is 9.59 Å². The van der Waals surface area contributed by atoms with E-state index in [0.717, 1.165) is 0 Å². The first-order chi connectivity index (χ1) is 8.75. The Labute approximate surface area is 113 Å². The number of hydrogen-bond donors (Lipinski definition) is 4. The van der Waals surface area contributed by atoms with E-state index in [2.05, 4.69) is 10.6 Å². The van der Waals surface area contributed by atoms with Crippen molar-refractivity contribution in [3.63, 3.8) is 0 Å². The summed E-state index contributed by atoms with van der Waals surface area (Å²) >= 11 is 0. The second-order valence-corrected chi connectivity index (χ2v) is 4.87. The predicted molar refractivity (Wildman–Crippen MR) is 72.2 cm³/mol. The molecule has 2 atom stereocenters. The van der Waals surface area contributed by atoms with Crippen molar-refractivity contribution in [3.8, 4) is 0 Å². The average molecular weight is 272 g/mol. The Hall–Kier alpha value is -1.63. The molecule has 0 aromatic heterocycles. The molecule has 3 amide bonds. The molecule has 6 N–H and O–H groups in total. The average Bonchev–Trinajstić information content (AvgIpc) is 2.30. The first kappa shape index (κ1) is 17.4. The molecule has 7 nitrogen and oxygen atoms in total. The van der Waals surface area contributed by atoms with Crippen molar-refractivity contribution in [2.75, 3.05) is 6.54 Å². The van der Waals surface area contributed by atoms with E-state index in [9.17, 15) is 14.4 Å². The van der Waals surface area contributed by atoms with Gasteiger partial charge in [0, 0.05) is 6.54 Å². The molecule has 0 radical (unpaired) electrons. The molecule has 0 heterocycles. The van der Waals surface area contributed by atoms with Crippen LogP contribution in [0.25, 0.3) is 0 Å². The minimum atomic E-state index is -0.634. The quantitative estimate of drug-likeness (QED) is 0.444. The van der Waals surface area contributed by atoms with Crippen LogP contribution >= 0.6 is 0 Å². The number of nitrogens with two attached hydrogens (primary N) is 2. The Morgan fingerprint density at radius 1 is 1.21 bits per heavy atom. The normalized spacial score (nSPS) is 13.7. The number of urea groups is 1. The van der Waals surface area contributed by atoms with Crippen LogP contribution in [0.2, 0.25) is 0 Å². The molecule has 0 fully saturated rings. The fourth-order valence-corrected chi connectivity index (χ4v) is 1.47. The summed E-state index contributed by atoms with van der Waals surface area (Å²) in [6.07, 6.45) is 0.983. The van der Waals surface area contributed by atoms with E-state index in [1.165, 1.54) is 6.92 Å². The van der Waals surface area contributed by atoms with Gasteiger partial charge in [0.05, 0.1) is 12.1 Å². The molecular weight excluding hydrogens is 248 g/mol. The summed E-state index contributed by atoms with van der Waals surface area (Å²) in [5.41, 5.74) is 10.6. The van der Waals surface area contributed by atoms with Gasteiger partial charge in [0.25, 0.3) is 0 Å². The number of hydrogen-bond acceptors (Lipinski definition) is 4. The zero-order chi connectivity index (χ0) is 15.0. The van der Waals surface area contributed by atoms with Crippen LogP contribution < -0.4 is 22.1 Å². The Morgan fingerprint density at radius 2 is 1.79 bits per heavy atom. The fraction of sp³-hybridized carbons (Fsp3) is 0.750. The summed E-state index contributed by atoms with van der Waals surface area (Å²) in [7, 11) is 0. The molecule has 0 aliphatic heterocycles. The Balaban J connectivity index is 4.23. The van der Waals surface area contributed by atoms with E-state index in [1.807, 2.05) is 13.8 Å². The van der Waals surface area contributed by atoms with Crippen LogP contribution in [0.3, 0.4) is 0 Å². The number of amides is 3. The summed E-state index contributed by atoms with van der Waals surface area (Å²) in [5, 5.41) is 5.05. The van der Waals surface area contributed by atoms with Crippen LogP contribution in [0.5, 0.6) is 0 Å². The highest BCUT2D eigenvalue weighted by atomic mass is 16.2. The highest BCUT2D eigenvalue weighted by Crippen LogP contribution is 2.02. The third-order valence-electron chi connectivity index (χ3n) is 2.80. The van der Waals surface area contributed by atoms with Gasteiger partial charge in [-0.15, -0.1) is 0 Å². The maximum absolute atomic E-state index is 11.8. The van der Waals surface area contributed by atoms with Crippen molar-refractivity contribution in [2.45, 2.75) is 45.7 Å². The van der Waals surface area contributed by atoms with E-state index in [1.54, 1.807) is 0 Å². The number of rotatable bonds is 8. The second kappa shape index (κ2) is 8.47. The van der Waals surface area contributed by atoms with Gasteiger partial charge in [-0.2, -0.15) is 0 Å². The molecule has 0 aliphatic carbocycles. The van der Waals surface area contributed by atoms with Gasteiger partial charge in [0.15, 0.2) is 5.78 Å². The van der Waals surface area contributed by atoms with Crippen molar-refractivity contribution in [1.82, 2.24) is 10.6 Å². The Kier molecular flexibility index (Phi) is 7.74. The molecule has 0 saturated carbocycles. The van der Waals surface area contributed by atoms with Crippen LogP contribution in [-0.2, 0) is 9.59 Å². The lowest BCUT2D eigenvalue weighted by Crippen LogP contribution is -2.50. The van der Waals surface area contributed by atoms with Crippen LogP contribution in [0.1, 0.15) is 33.6 Å². The standard InChI is InChI=1S/C12H24N4O3/c1-7(2)10(13)11(18)16-9(8(3)17)5-4-6-15-12(14)19/h7,9-10H,4-6,13H2,1-3H3,(H,16,18)(H3,14,15,19). The molecule has 2 unspecified atom stereocenters. The van der Waals surface area contributed by atoms with Gasteiger partial charge >= 0.3 is 6.03 Å². The van der Waals surface area contributed by atoms with E-state index < -0.39 is 18.1 Å². The number of Topliss-reactive ketones (excluding diaryl/α,β-unsaturated/α-hetero) is 1. The molecule has 0 spiro atoms. The van der Waals surface area contributed by atoms with Crippen LogP contribution in [0, 0.1) is 5.92 Å². The summed E-state index contributed by atoms with van der Waals surface area (Å²) in [6.45, 7) is 5.45. The van der Waals surface area contributed by atoms with Crippen molar-refractivity contribution in [1.29, 1.82) is 0 Å². The number of carbonyl (C=O) groups is 3. The van der Waals surface area contributed by atoms with Crippen molar-refractivity contribution in [2.24, 2.45) is 17.4 Å².